The minimum absolute atomic E-state index is 0.0505. The third-order valence-corrected chi connectivity index (χ3v) is 6.25. The van der Waals surface area contributed by atoms with Crippen molar-refractivity contribution < 1.29 is 14.0 Å². The number of carbonyl (C=O) groups excluding carboxylic acids is 2. The van der Waals surface area contributed by atoms with Crippen molar-refractivity contribution in [3.05, 3.63) is 48.4 Å². The maximum Gasteiger partial charge on any atom is 0.240 e. The van der Waals surface area contributed by atoms with E-state index >= 15 is 0 Å². The van der Waals surface area contributed by atoms with Gasteiger partial charge < -0.3 is 14.6 Å². The first kappa shape index (κ1) is 17.2. The van der Waals surface area contributed by atoms with E-state index in [0.29, 0.717) is 6.42 Å². The Balaban J connectivity index is 1.56. The van der Waals surface area contributed by atoms with E-state index in [1.165, 1.54) is 0 Å². The topological polar surface area (TPSA) is 62.6 Å². The number of thioether (sulfide) groups is 1. The van der Waals surface area contributed by atoms with Crippen LogP contribution in [0.3, 0.4) is 0 Å². The summed E-state index contributed by atoms with van der Waals surface area (Å²) >= 11 is 1.62. The smallest absolute Gasteiger partial charge is 0.240 e. The van der Waals surface area contributed by atoms with Gasteiger partial charge in [-0.05, 0) is 37.1 Å². The molecule has 0 spiro atoms. The first-order valence-electron chi connectivity index (χ1n) is 9.09. The average molecular weight is 370 g/mol. The van der Waals surface area contributed by atoms with Gasteiger partial charge in [0.2, 0.25) is 11.8 Å². The van der Waals surface area contributed by atoms with Crippen LogP contribution in [-0.2, 0) is 9.59 Å². The summed E-state index contributed by atoms with van der Waals surface area (Å²) in [5, 5.41) is 3.00. The standard InChI is InChI=1S/C20H22N2O3S/c23-19(21-14-6-1-2-7-14)13-22-15-8-3-4-10-17(15)26-18(12-20(22)24)16-9-5-11-25-16/h3-5,8-11,14,18H,1-2,6-7,12-13H2,(H,21,23)/t18-/m1/s1. The van der Waals surface area contributed by atoms with Crippen LogP contribution in [-0.4, -0.2) is 24.4 Å². The van der Waals surface area contributed by atoms with Crippen LogP contribution in [0.25, 0.3) is 0 Å². The number of hydrogen-bond acceptors (Lipinski definition) is 4. The van der Waals surface area contributed by atoms with Crippen molar-refractivity contribution in [2.75, 3.05) is 11.4 Å². The molecular weight excluding hydrogens is 348 g/mol. The molecule has 1 saturated carbocycles. The van der Waals surface area contributed by atoms with Crippen molar-refractivity contribution in [2.45, 2.75) is 48.3 Å². The van der Waals surface area contributed by atoms with Gasteiger partial charge in [-0.2, -0.15) is 0 Å². The predicted octanol–water partition coefficient (Wildman–Crippen LogP) is 3.91. The molecule has 4 rings (SSSR count). The van der Waals surface area contributed by atoms with Crippen molar-refractivity contribution in [3.63, 3.8) is 0 Å². The molecule has 2 aliphatic rings. The number of carbonyl (C=O) groups is 2. The normalized spacial score (nSPS) is 20.7. The van der Waals surface area contributed by atoms with E-state index in [2.05, 4.69) is 5.32 Å². The zero-order valence-corrected chi connectivity index (χ0v) is 15.3. The van der Waals surface area contributed by atoms with E-state index in [0.717, 1.165) is 42.0 Å². The van der Waals surface area contributed by atoms with Crippen LogP contribution in [0.1, 0.15) is 43.1 Å². The van der Waals surface area contributed by atoms with Gasteiger partial charge in [0.15, 0.2) is 0 Å². The average Bonchev–Trinajstić information content (AvgIpc) is 3.31. The Morgan fingerprint density at radius 2 is 2.00 bits per heavy atom. The summed E-state index contributed by atoms with van der Waals surface area (Å²) in [5.74, 6) is 0.655. The van der Waals surface area contributed by atoms with Crippen LogP contribution in [0, 0.1) is 0 Å². The van der Waals surface area contributed by atoms with Crippen LogP contribution in [0.4, 0.5) is 5.69 Å². The molecule has 26 heavy (non-hydrogen) atoms. The molecule has 0 bridgehead atoms. The monoisotopic (exact) mass is 370 g/mol. The Bertz CT molecular complexity index is 784. The van der Waals surface area contributed by atoms with Crippen LogP contribution in [0.2, 0.25) is 0 Å². The summed E-state index contributed by atoms with van der Waals surface area (Å²) in [7, 11) is 0. The summed E-state index contributed by atoms with van der Waals surface area (Å²) in [4.78, 5) is 28.1. The largest absolute Gasteiger partial charge is 0.468 e. The molecule has 2 heterocycles. The molecule has 136 valence electrons. The lowest BCUT2D eigenvalue weighted by molar-refractivity contribution is -0.124. The van der Waals surface area contributed by atoms with Gasteiger partial charge in [0, 0.05) is 17.4 Å². The van der Waals surface area contributed by atoms with Gasteiger partial charge in [-0.3, -0.25) is 9.59 Å². The third-order valence-electron chi connectivity index (χ3n) is 4.97. The molecule has 1 aromatic carbocycles. The van der Waals surface area contributed by atoms with E-state index in [1.807, 2.05) is 36.4 Å². The van der Waals surface area contributed by atoms with E-state index in [1.54, 1.807) is 22.9 Å². The van der Waals surface area contributed by atoms with Crippen molar-refractivity contribution in [3.8, 4) is 0 Å². The fourth-order valence-corrected chi connectivity index (χ4v) is 4.91. The minimum atomic E-state index is -0.0819. The fourth-order valence-electron chi connectivity index (χ4n) is 3.67. The van der Waals surface area contributed by atoms with Gasteiger partial charge in [-0.25, -0.2) is 0 Å². The molecule has 2 amide bonds. The first-order valence-corrected chi connectivity index (χ1v) is 9.97. The second kappa shape index (κ2) is 7.58. The van der Waals surface area contributed by atoms with E-state index in [4.69, 9.17) is 4.42 Å². The second-order valence-corrected chi connectivity index (χ2v) is 8.07. The Kier molecular flexibility index (Phi) is 5.02. The zero-order valence-electron chi connectivity index (χ0n) is 14.5. The summed E-state index contributed by atoms with van der Waals surface area (Å²) in [6, 6.07) is 11.8. The lowest BCUT2D eigenvalue weighted by Crippen LogP contribution is -2.43. The van der Waals surface area contributed by atoms with Gasteiger partial charge in [-0.1, -0.05) is 25.0 Å². The third kappa shape index (κ3) is 3.65. The lowest BCUT2D eigenvalue weighted by atomic mass is 10.2. The number of fused-ring (bicyclic) bond motifs is 1. The molecule has 0 saturated heterocycles. The second-order valence-electron chi connectivity index (χ2n) is 6.82. The Labute approximate surface area is 157 Å². The molecule has 0 radical (unpaired) electrons. The predicted molar refractivity (Wildman–Crippen MR) is 101 cm³/mol. The van der Waals surface area contributed by atoms with Gasteiger partial charge in [0.1, 0.15) is 12.3 Å². The molecule has 5 nitrogen and oxygen atoms in total. The zero-order chi connectivity index (χ0) is 17.9. The first-order chi connectivity index (χ1) is 12.7. The van der Waals surface area contributed by atoms with Gasteiger partial charge >= 0.3 is 0 Å². The number of benzene rings is 1. The van der Waals surface area contributed by atoms with Gasteiger partial charge in [-0.15, -0.1) is 11.8 Å². The van der Waals surface area contributed by atoms with E-state index in [9.17, 15) is 9.59 Å². The maximum absolute atomic E-state index is 12.9. The fraction of sp³-hybridized carbons (Fsp3) is 0.400. The minimum Gasteiger partial charge on any atom is -0.468 e. The Morgan fingerprint density at radius 3 is 2.77 bits per heavy atom. The number of furan rings is 1. The summed E-state index contributed by atoms with van der Waals surface area (Å²) in [5.41, 5.74) is 0.804. The van der Waals surface area contributed by atoms with Crippen LogP contribution < -0.4 is 10.2 Å². The Hall–Kier alpha value is -2.21. The van der Waals surface area contributed by atoms with Crippen molar-refractivity contribution in [1.29, 1.82) is 0 Å². The number of nitrogens with one attached hydrogen (secondary N) is 1. The molecule has 0 unspecified atom stereocenters. The number of anilines is 1. The van der Waals surface area contributed by atoms with Crippen molar-refractivity contribution >= 4 is 29.3 Å². The molecule has 1 aliphatic carbocycles. The van der Waals surface area contributed by atoms with Crippen molar-refractivity contribution in [2.24, 2.45) is 0 Å². The number of rotatable bonds is 4. The van der Waals surface area contributed by atoms with Crippen LogP contribution >= 0.6 is 11.8 Å². The molecule has 1 aliphatic heterocycles. The number of amides is 2. The number of nitrogens with zero attached hydrogens (tertiary/aromatic N) is 1. The van der Waals surface area contributed by atoms with E-state index in [-0.39, 0.29) is 29.7 Å². The van der Waals surface area contributed by atoms with Crippen LogP contribution in [0.15, 0.2) is 52.0 Å². The Morgan fingerprint density at radius 1 is 1.19 bits per heavy atom. The molecule has 1 atom stereocenters. The highest BCUT2D eigenvalue weighted by atomic mass is 32.2. The van der Waals surface area contributed by atoms with Crippen molar-refractivity contribution in [1.82, 2.24) is 5.32 Å². The number of para-hydroxylation sites is 1. The highest BCUT2D eigenvalue weighted by Gasteiger charge is 2.31. The highest BCUT2D eigenvalue weighted by molar-refractivity contribution is 7.99. The summed E-state index contributed by atoms with van der Waals surface area (Å²) in [6.07, 6.45) is 6.34. The lowest BCUT2D eigenvalue weighted by Gasteiger charge is -2.23. The van der Waals surface area contributed by atoms with Crippen LogP contribution in [0.5, 0.6) is 0 Å². The number of hydrogen-bond donors (Lipinski definition) is 1. The maximum atomic E-state index is 12.9. The molecule has 1 N–H and O–H groups in total. The van der Waals surface area contributed by atoms with Gasteiger partial charge in [0.05, 0.1) is 17.2 Å². The SMILES string of the molecule is O=C(CN1C(=O)C[C@H](c2ccco2)Sc2ccccc21)NC1CCCC1. The molecule has 1 aromatic heterocycles. The molecule has 2 aromatic rings. The summed E-state index contributed by atoms with van der Waals surface area (Å²) in [6.45, 7) is 0.0672. The highest BCUT2D eigenvalue weighted by Crippen LogP contribution is 2.45. The van der Waals surface area contributed by atoms with E-state index < -0.39 is 0 Å². The molecular formula is C20H22N2O3S. The molecule has 1 fully saturated rings. The molecule has 6 heteroatoms. The quantitative estimate of drug-likeness (QED) is 0.886. The van der Waals surface area contributed by atoms with Gasteiger partial charge in [0.25, 0.3) is 0 Å². The summed E-state index contributed by atoms with van der Waals surface area (Å²) < 4.78 is 5.53.